The molecule has 0 amide bonds. The molecular weight excluding hydrogens is 349 g/mol. The van der Waals surface area contributed by atoms with Gasteiger partial charge in [-0.05, 0) is 53.3 Å². The van der Waals surface area contributed by atoms with Gasteiger partial charge in [0.05, 0.1) is 5.02 Å². The fourth-order valence-electron chi connectivity index (χ4n) is 1.52. The van der Waals surface area contributed by atoms with Gasteiger partial charge in [0.25, 0.3) is 0 Å². The molecule has 17 heavy (non-hydrogen) atoms. The van der Waals surface area contributed by atoms with Crippen LogP contribution in [-0.4, -0.2) is 10.1 Å². The molecule has 1 atom stereocenters. The number of aromatic nitrogens is 1. The number of pyridine rings is 1. The van der Waals surface area contributed by atoms with Crippen molar-refractivity contribution in [3.8, 4) is 0 Å². The number of hydrogen-bond donors (Lipinski definition) is 1. The standard InChI is InChI=1S/C13H11ClINO/c1-8-2-3-10(7-16-8)13(17)9-4-5-12(15)11(14)6-9/h2-7,13,17H,1H3. The lowest BCUT2D eigenvalue weighted by Gasteiger charge is -2.12. The van der Waals surface area contributed by atoms with Crippen LogP contribution in [0, 0.1) is 10.5 Å². The van der Waals surface area contributed by atoms with E-state index in [4.69, 9.17) is 11.6 Å². The summed E-state index contributed by atoms with van der Waals surface area (Å²) in [5, 5.41) is 10.9. The van der Waals surface area contributed by atoms with Crippen molar-refractivity contribution in [3.63, 3.8) is 0 Å². The van der Waals surface area contributed by atoms with Crippen LogP contribution in [0.1, 0.15) is 22.9 Å². The number of aryl methyl sites for hydroxylation is 1. The Morgan fingerprint density at radius 2 is 1.94 bits per heavy atom. The molecule has 0 saturated carbocycles. The Morgan fingerprint density at radius 1 is 1.24 bits per heavy atom. The molecule has 0 radical (unpaired) electrons. The number of nitrogens with zero attached hydrogens (tertiary/aromatic N) is 1. The second kappa shape index (κ2) is 5.33. The fraction of sp³-hybridized carbons (Fsp3) is 0.154. The number of benzene rings is 1. The third kappa shape index (κ3) is 2.97. The molecule has 0 spiro atoms. The van der Waals surface area contributed by atoms with E-state index in [1.54, 1.807) is 12.3 Å². The molecule has 2 rings (SSSR count). The first-order valence-electron chi connectivity index (χ1n) is 5.13. The smallest absolute Gasteiger partial charge is 0.106 e. The molecule has 2 aromatic rings. The van der Waals surface area contributed by atoms with Crippen LogP contribution in [0.3, 0.4) is 0 Å². The zero-order chi connectivity index (χ0) is 12.4. The predicted molar refractivity (Wildman–Crippen MR) is 77.2 cm³/mol. The zero-order valence-electron chi connectivity index (χ0n) is 9.19. The summed E-state index contributed by atoms with van der Waals surface area (Å²) in [5.74, 6) is 0. The normalized spacial score (nSPS) is 12.5. The minimum absolute atomic E-state index is 0.655. The van der Waals surface area contributed by atoms with Crippen molar-refractivity contribution >= 4 is 34.2 Å². The minimum atomic E-state index is -0.683. The lowest BCUT2D eigenvalue weighted by molar-refractivity contribution is 0.220. The van der Waals surface area contributed by atoms with Crippen LogP contribution in [0.15, 0.2) is 36.5 Å². The molecule has 0 aliphatic carbocycles. The van der Waals surface area contributed by atoms with Gasteiger partial charge in [0.1, 0.15) is 6.10 Å². The van der Waals surface area contributed by atoms with Crippen molar-refractivity contribution in [1.29, 1.82) is 0 Å². The number of aliphatic hydroxyl groups excluding tert-OH is 1. The largest absolute Gasteiger partial charge is 0.384 e. The summed E-state index contributed by atoms with van der Waals surface area (Å²) in [7, 11) is 0. The summed E-state index contributed by atoms with van der Waals surface area (Å²) < 4.78 is 0.974. The van der Waals surface area contributed by atoms with E-state index in [9.17, 15) is 5.11 Å². The molecule has 1 heterocycles. The van der Waals surface area contributed by atoms with E-state index in [0.29, 0.717) is 5.02 Å². The van der Waals surface area contributed by atoms with Crippen LogP contribution in [-0.2, 0) is 0 Å². The molecule has 1 N–H and O–H groups in total. The number of rotatable bonds is 2. The van der Waals surface area contributed by atoms with Gasteiger partial charge in [-0.2, -0.15) is 0 Å². The maximum Gasteiger partial charge on any atom is 0.106 e. The molecule has 88 valence electrons. The molecule has 4 heteroatoms. The Bertz CT molecular complexity index is 527. The second-order valence-electron chi connectivity index (χ2n) is 3.81. The molecular formula is C13H11ClINO. The van der Waals surface area contributed by atoms with Crippen molar-refractivity contribution in [3.05, 3.63) is 61.9 Å². The van der Waals surface area contributed by atoms with Gasteiger partial charge in [-0.1, -0.05) is 23.7 Å². The van der Waals surface area contributed by atoms with Crippen LogP contribution < -0.4 is 0 Å². The summed E-state index contributed by atoms with van der Waals surface area (Å²) in [6.07, 6.45) is 1.00. The summed E-state index contributed by atoms with van der Waals surface area (Å²) in [4.78, 5) is 4.17. The maximum atomic E-state index is 10.2. The molecule has 1 unspecified atom stereocenters. The van der Waals surface area contributed by atoms with Gasteiger partial charge < -0.3 is 5.11 Å². The molecule has 1 aromatic carbocycles. The topological polar surface area (TPSA) is 33.1 Å². The summed E-state index contributed by atoms with van der Waals surface area (Å²) in [6.45, 7) is 1.91. The van der Waals surface area contributed by atoms with E-state index in [1.165, 1.54) is 0 Å². The predicted octanol–water partition coefficient (Wildman–Crippen LogP) is 3.73. The summed E-state index contributed by atoms with van der Waals surface area (Å²) >= 11 is 8.19. The Morgan fingerprint density at radius 3 is 2.53 bits per heavy atom. The Balaban J connectivity index is 2.33. The van der Waals surface area contributed by atoms with Crippen molar-refractivity contribution in [2.75, 3.05) is 0 Å². The van der Waals surface area contributed by atoms with Crippen LogP contribution in [0.5, 0.6) is 0 Å². The van der Waals surface area contributed by atoms with E-state index < -0.39 is 6.10 Å². The fourth-order valence-corrected chi connectivity index (χ4v) is 2.04. The van der Waals surface area contributed by atoms with Gasteiger partial charge in [0.15, 0.2) is 0 Å². The Hall–Kier alpha value is -0.650. The quantitative estimate of drug-likeness (QED) is 0.829. The van der Waals surface area contributed by atoms with E-state index >= 15 is 0 Å². The average molecular weight is 360 g/mol. The minimum Gasteiger partial charge on any atom is -0.384 e. The summed E-state index contributed by atoms with van der Waals surface area (Å²) in [6, 6.07) is 9.31. The van der Waals surface area contributed by atoms with E-state index in [1.807, 2.05) is 31.2 Å². The lowest BCUT2D eigenvalue weighted by Crippen LogP contribution is -2.00. The van der Waals surface area contributed by atoms with Gasteiger partial charge in [0.2, 0.25) is 0 Å². The molecule has 0 bridgehead atoms. The monoisotopic (exact) mass is 359 g/mol. The second-order valence-corrected chi connectivity index (χ2v) is 5.38. The van der Waals surface area contributed by atoms with Crippen LogP contribution in [0.2, 0.25) is 5.02 Å². The SMILES string of the molecule is Cc1ccc(C(O)c2ccc(I)c(Cl)c2)cn1. The Labute approximate surface area is 119 Å². The van der Waals surface area contributed by atoms with Crippen molar-refractivity contribution in [1.82, 2.24) is 4.98 Å². The van der Waals surface area contributed by atoms with Gasteiger partial charge in [-0.25, -0.2) is 0 Å². The van der Waals surface area contributed by atoms with Crippen LogP contribution in [0.25, 0.3) is 0 Å². The lowest BCUT2D eigenvalue weighted by atomic mass is 10.0. The number of hydrogen-bond acceptors (Lipinski definition) is 2. The highest BCUT2D eigenvalue weighted by molar-refractivity contribution is 14.1. The first-order valence-corrected chi connectivity index (χ1v) is 6.59. The number of aliphatic hydroxyl groups is 1. The first-order chi connectivity index (χ1) is 8.08. The zero-order valence-corrected chi connectivity index (χ0v) is 12.1. The highest BCUT2D eigenvalue weighted by Gasteiger charge is 2.11. The van der Waals surface area contributed by atoms with Gasteiger partial charge in [0, 0.05) is 21.0 Å². The average Bonchev–Trinajstić information content (AvgIpc) is 2.33. The van der Waals surface area contributed by atoms with E-state index in [2.05, 4.69) is 27.6 Å². The van der Waals surface area contributed by atoms with Crippen LogP contribution in [0.4, 0.5) is 0 Å². The van der Waals surface area contributed by atoms with E-state index in [-0.39, 0.29) is 0 Å². The van der Waals surface area contributed by atoms with Gasteiger partial charge in [-0.3, -0.25) is 4.98 Å². The van der Waals surface area contributed by atoms with Crippen molar-refractivity contribution in [2.24, 2.45) is 0 Å². The third-order valence-corrected chi connectivity index (χ3v) is 4.08. The number of halogens is 2. The maximum absolute atomic E-state index is 10.2. The highest BCUT2D eigenvalue weighted by atomic mass is 127. The molecule has 1 aromatic heterocycles. The van der Waals surface area contributed by atoms with Crippen molar-refractivity contribution in [2.45, 2.75) is 13.0 Å². The van der Waals surface area contributed by atoms with Crippen LogP contribution >= 0.6 is 34.2 Å². The Kier molecular flexibility index (Phi) is 4.01. The van der Waals surface area contributed by atoms with Gasteiger partial charge >= 0.3 is 0 Å². The molecule has 0 aliphatic heterocycles. The van der Waals surface area contributed by atoms with Gasteiger partial charge in [-0.15, -0.1) is 0 Å². The summed E-state index contributed by atoms with van der Waals surface area (Å²) in [5.41, 5.74) is 2.48. The first kappa shape index (κ1) is 12.8. The van der Waals surface area contributed by atoms with Crippen molar-refractivity contribution < 1.29 is 5.11 Å². The molecule has 2 nitrogen and oxygen atoms in total. The molecule has 0 aliphatic rings. The highest BCUT2D eigenvalue weighted by Crippen LogP contribution is 2.26. The molecule has 0 fully saturated rings. The van der Waals surface area contributed by atoms with E-state index in [0.717, 1.165) is 20.4 Å². The third-order valence-electron chi connectivity index (χ3n) is 2.51. The molecule has 0 saturated heterocycles.